The first kappa shape index (κ1) is 16.0. The summed E-state index contributed by atoms with van der Waals surface area (Å²) >= 11 is 0. The first-order valence-corrected chi connectivity index (χ1v) is 8.22. The lowest BCUT2D eigenvalue weighted by atomic mass is 9.99. The van der Waals surface area contributed by atoms with E-state index in [0.29, 0.717) is 17.1 Å². The fourth-order valence-corrected chi connectivity index (χ4v) is 3.02. The van der Waals surface area contributed by atoms with Crippen LogP contribution in [0.25, 0.3) is 5.76 Å². The number of anilines is 3. The number of nitrogens with zero attached hydrogens (tertiary/aromatic N) is 2. The number of hydrogen-bond donors (Lipinski definition) is 2. The van der Waals surface area contributed by atoms with Gasteiger partial charge >= 0.3 is 0 Å². The van der Waals surface area contributed by atoms with Gasteiger partial charge in [0.05, 0.1) is 17.8 Å². The van der Waals surface area contributed by atoms with E-state index in [2.05, 4.69) is 10.5 Å². The number of para-hydroxylation sites is 2. The average molecular weight is 347 g/mol. The maximum atomic E-state index is 12.7. The number of amides is 1. The van der Waals surface area contributed by atoms with Crippen LogP contribution in [0.5, 0.6) is 0 Å². The summed E-state index contributed by atoms with van der Waals surface area (Å²) in [5, 5.41) is 17.1. The smallest absolute Gasteiger partial charge is 0.258 e. The van der Waals surface area contributed by atoms with Crippen LogP contribution in [0.2, 0.25) is 0 Å². The van der Waals surface area contributed by atoms with Crippen molar-refractivity contribution in [3.8, 4) is 0 Å². The highest BCUT2D eigenvalue weighted by atomic mass is 16.5. The molecule has 130 valence electrons. The van der Waals surface area contributed by atoms with Crippen LogP contribution < -0.4 is 10.2 Å². The first-order valence-electron chi connectivity index (χ1n) is 8.22. The molecular weight excluding hydrogens is 330 g/mol. The second kappa shape index (κ2) is 6.40. The Kier molecular flexibility index (Phi) is 3.93. The Morgan fingerprint density at radius 1 is 1.15 bits per heavy atom. The third-order valence-corrected chi connectivity index (χ3v) is 4.26. The van der Waals surface area contributed by atoms with Crippen molar-refractivity contribution in [2.24, 2.45) is 0 Å². The van der Waals surface area contributed by atoms with Crippen molar-refractivity contribution < 1.29 is 14.4 Å². The van der Waals surface area contributed by atoms with E-state index >= 15 is 0 Å². The summed E-state index contributed by atoms with van der Waals surface area (Å²) in [5.41, 5.74) is 2.68. The lowest BCUT2D eigenvalue weighted by Crippen LogP contribution is -2.31. The fraction of sp³-hybridized carbons (Fsp3) is 0.100. The van der Waals surface area contributed by atoms with E-state index in [1.807, 2.05) is 53.4 Å². The molecule has 0 fully saturated rings. The number of benzene rings is 2. The van der Waals surface area contributed by atoms with Gasteiger partial charge < -0.3 is 19.8 Å². The van der Waals surface area contributed by atoms with Gasteiger partial charge in [0.15, 0.2) is 5.82 Å². The van der Waals surface area contributed by atoms with Crippen molar-refractivity contribution in [3.63, 3.8) is 0 Å². The Labute approximate surface area is 150 Å². The average Bonchev–Trinajstić information content (AvgIpc) is 3.07. The van der Waals surface area contributed by atoms with E-state index in [1.165, 1.54) is 0 Å². The Hall–Kier alpha value is -3.54. The van der Waals surface area contributed by atoms with Crippen LogP contribution >= 0.6 is 0 Å². The van der Waals surface area contributed by atoms with Crippen molar-refractivity contribution in [2.75, 3.05) is 16.8 Å². The molecule has 26 heavy (non-hydrogen) atoms. The molecular formula is C20H17N3O3. The molecule has 0 radical (unpaired) electrons. The maximum absolute atomic E-state index is 12.7. The molecule has 0 saturated carbocycles. The van der Waals surface area contributed by atoms with Crippen molar-refractivity contribution in [1.82, 2.24) is 5.16 Å². The van der Waals surface area contributed by atoms with Crippen molar-refractivity contribution in [3.05, 3.63) is 77.6 Å². The highest BCUT2D eigenvalue weighted by Gasteiger charge is 2.29. The molecule has 1 aliphatic rings. The predicted molar refractivity (Wildman–Crippen MR) is 99.3 cm³/mol. The van der Waals surface area contributed by atoms with Crippen LogP contribution in [0.4, 0.5) is 17.2 Å². The number of rotatable bonds is 3. The van der Waals surface area contributed by atoms with E-state index in [4.69, 9.17) is 4.52 Å². The van der Waals surface area contributed by atoms with Crippen LogP contribution in [0, 0.1) is 6.92 Å². The molecule has 0 aliphatic carbocycles. The molecule has 4 rings (SSSR count). The first-order chi connectivity index (χ1) is 12.6. The van der Waals surface area contributed by atoms with Gasteiger partial charge in [-0.2, -0.15) is 0 Å². The summed E-state index contributed by atoms with van der Waals surface area (Å²) in [5.74, 6) is 0.480. The molecule has 6 heteroatoms. The van der Waals surface area contributed by atoms with Gasteiger partial charge in [0, 0.05) is 17.3 Å². The molecule has 1 aliphatic heterocycles. The lowest BCUT2D eigenvalue weighted by Gasteiger charge is -2.32. The van der Waals surface area contributed by atoms with Crippen molar-refractivity contribution in [2.45, 2.75) is 6.92 Å². The fourth-order valence-electron chi connectivity index (χ4n) is 3.02. The van der Waals surface area contributed by atoms with E-state index in [9.17, 15) is 9.90 Å². The summed E-state index contributed by atoms with van der Waals surface area (Å²) in [7, 11) is 0. The molecule has 2 heterocycles. The Morgan fingerprint density at radius 2 is 1.88 bits per heavy atom. The Balaban J connectivity index is 1.74. The Morgan fingerprint density at radius 3 is 2.62 bits per heavy atom. The second-order valence-corrected chi connectivity index (χ2v) is 6.04. The van der Waals surface area contributed by atoms with E-state index in [-0.39, 0.29) is 17.9 Å². The van der Waals surface area contributed by atoms with Gasteiger partial charge in [0.1, 0.15) is 11.5 Å². The second-order valence-electron chi connectivity index (χ2n) is 6.04. The van der Waals surface area contributed by atoms with Crippen molar-refractivity contribution >= 4 is 28.9 Å². The summed E-state index contributed by atoms with van der Waals surface area (Å²) in [6.45, 7) is 1.99. The number of nitrogens with one attached hydrogen (secondary N) is 1. The zero-order chi connectivity index (χ0) is 18.1. The van der Waals surface area contributed by atoms with Crippen LogP contribution in [-0.4, -0.2) is 22.7 Å². The van der Waals surface area contributed by atoms with Gasteiger partial charge in [-0.25, -0.2) is 0 Å². The molecule has 2 N–H and O–H groups in total. The zero-order valence-electron chi connectivity index (χ0n) is 14.1. The van der Waals surface area contributed by atoms with Crippen LogP contribution in [0.15, 0.2) is 70.8 Å². The third kappa shape index (κ3) is 2.82. The van der Waals surface area contributed by atoms with Gasteiger partial charge in [-0.15, -0.1) is 0 Å². The third-order valence-electron chi connectivity index (χ3n) is 4.26. The number of aliphatic hydroxyl groups is 1. The number of hydrogen-bond acceptors (Lipinski definition) is 5. The summed E-state index contributed by atoms with van der Waals surface area (Å²) in [6, 6.07) is 18.8. The molecule has 0 bridgehead atoms. The summed E-state index contributed by atoms with van der Waals surface area (Å²) in [4.78, 5) is 14.7. The molecule has 0 atom stereocenters. The highest BCUT2D eigenvalue weighted by Crippen LogP contribution is 2.38. The SMILES string of the molecule is Cc1cc(NC(=O)C2=C(O)c3ccccc3N(c3ccccc3)C2)no1. The van der Waals surface area contributed by atoms with Gasteiger partial charge in [-0.3, -0.25) is 4.79 Å². The maximum Gasteiger partial charge on any atom is 0.258 e. The number of aromatic nitrogens is 1. The molecule has 6 nitrogen and oxygen atoms in total. The minimum atomic E-state index is -0.411. The topological polar surface area (TPSA) is 78.6 Å². The van der Waals surface area contributed by atoms with Gasteiger partial charge in [-0.05, 0) is 31.2 Å². The molecule has 0 unspecified atom stereocenters. The lowest BCUT2D eigenvalue weighted by molar-refractivity contribution is -0.112. The summed E-state index contributed by atoms with van der Waals surface area (Å²) < 4.78 is 4.97. The van der Waals surface area contributed by atoms with E-state index < -0.39 is 5.91 Å². The van der Waals surface area contributed by atoms with E-state index in [0.717, 1.165) is 11.4 Å². The minimum absolute atomic E-state index is 0.0227. The summed E-state index contributed by atoms with van der Waals surface area (Å²) in [6.07, 6.45) is 0. The monoisotopic (exact) mass is 347 g/mol. The molecule has 3 aromatic rings. The number of carbonyl (C=O) groups excluding carboxylic acids is 1. The normalized spacial score (nSPS) is 13.5. The molecule has 2 aromatic carbocycles. The molecule has 1 amide bonds. The quantitative estimate of drug-likeness (QED) is 0.747. The predicted octanol–water partition coefficient (Wildman–Crippen LogP) is 4.04. The number of carbonyl (C=O) groups is 1. The molecule has 0 spiro atoms. The highest BCUT2D eigenvalue weighted by molar-refractivity contribution is 6.10. The van der Waals surface area contributed by atoms with Crippen LogP contribution in [-0.2, 0) is 4.79 Å². The standard InChI is InChI=1S/C20H17N3O3/c1-13-11-18(22-26-13)21-20(25)16-12-23(14-7-3-2-4-8-14)17-10-6-5-9-15(17)19(16)24/h2-11,24H,12H2,1H3,(H,21,22,25). The number of aliphatic hydroxyl groups excluding tert-OH is 1. The number of aryl methyl sites for hydroxylation is 1. The molecule has 1 aromatic heterocycles. The number of fused-ring (bicyclic) bond motifs is 1. The van der Waals surface area contributed by atoms with E-state index in [1.54, 1.807) is 19.1 Å². The Bertz CT molecular complexity index is 992. The van der Waals surface area contributed by atoms with Crippen LogP contribution in [0.3, 0.4) is 0 Å². The van der Waals surface area contributed by atoms with Crippen LogP contribution in [0.1, 0.15) is 11.3 Å². The van der Waals surface area contributed by atoms with Gasteiger partial charge in [-0.1, -0.05) is 35.5 Å². The van der Waals surface area contributed by atoms with Gasteiger partial charge in [0.25, 0.3) is 5.91 Å². The zero-order valence-corrected chi connectivity index (χ0v) is 14.1. The minimum Gasteiger partial charge on any atom is -0.507 e. The molecule has 0 saturated heterocycles. The van der Waals surface area contributed by atoms with Gasteiger partial charge in [0.2, 0.25) is 0 Å². The van der Waals surface area contributed by atoms with Crippen molar-refractivity contribution in [1.29, 1.82) is 0 Å². The largest absolute Gasteiger partial charge is 0.507 e.